The average Bonchev–Trinajstić information content (AvgIpc) is 2.73. The third-order valence-corrected chi connectivity index (χ3v) is 4.49. The van der Waals surface area contributed by atoms with Crippen LogP contribution in [0.15, 0.2) is 53.4 Å². The largest absolute Gasteiger partial charge is 0.304 e. The molecule has 3 rings (SSSR count). The van der Waals surface area contributed by atoms with E-state index in [2.05, 4.69) is 0 Å². The molecule has 1 amide bonds. The van der Waals surface area contributed by atoms with E-state index in [-0.39, 0.29) is 0 Å². The molecule has 0 spiro atoms. The average molecular weight is 318 g/mol. The number of hydrogen-bond acceptors (Lipinski definition) is 3. The Hall–Kier alpha value is -1.78. The molecule has 0 aliphatic carbocycles. The van der Waals surface area contributed by atoms with Crippen molar-refractivity contribution in [3.8, 4) is 0 Å². The molecule has 0 saturated heterocycles. The van der Waals surface area contributed by atoms with Gasteiger partial charge in [-0.1, -0.05) is 29.8 Å². The van der Waals surface area contributed by atoms with Gasteiger partial charge >= 0.3 is 0 Å². The number of rotatable bonds is 4. The molecule has 0 aromatic heterocycles. The van der Waals surface area contributed by atoms with E-state index >= 15 is 0 Å². The normalized spacial score (nSPS) is 13.7. The number of hydrogen-bond donors (Lipinski definition) is 0. The van der Waals surface area contributed by atoms with Crippen molar-refractivity contribution in [2.45, 2.75) is 4.90 Å². The first-order chi connectivity index (χ1) is 10.2. The molecule has 2 aromatic carbocycles. The van der Waals surface area contributed by atoms with Crippen molar-refractivity contribution in [3.63, 3.8) is 0 Å². The summed E-state index contributed by atoms with van der Waals surface area (Å²) in [5.41, 5.74) is 1.06. The Morgan fingerprint density at radius 2 is 1.81 bits per heavy atom. The molecule has 1 heterocycles. The summed E-state index contributed by atoms with van der Waals surface area (Å²) in [6.45, 7) is 0.499. The molecule has 0 fully saturated rings. The summed E-state index contributed by atoms with van der Waals surface area (Å²) in [5, 5.41) is 0.468. The number of halogens is 1. The van der Waals surface area contributed by atoms with Gasteiger partial charge in [-0.05, 0) is 30.3 Å². The molecule has 0 bridgehead atoms. The van der Waals surface area contributed by atoms with Crippen LogP contribution in [0.3, 0.4) is 0 Å². The van der Waals surface area contributed by atoms with Gasteiger partial charge in [0.2, 0.25) is 0 Å². The standard InChI is InChI=1S/C16H12ClNO2S/c17-11-6-7-14-13(10-11)15(19)16(20)18(14)8-9-21-12-4-2-1-3-5-12/h1-7,10H,8-9H2. The van der Waals surface area contributed by atoms with Crippen LogP contribution in [-0.4, -0.2) is 24.0 Å². The number of thioether (sulfide) groups is 1. The maximum Gasteiger partial charge on any atom is 0.299 e. The summed E-state index contributed by atoms with van der Waals surface area (Å²) < 4.78 is 0. The van der Waals surface area contributed by atoms with Gasteiger partial charge in [-0.3, -0.25) is 9.59 Å². The fraction of sp³-hybridized carbons (Fsp3) is 0.125. The van der Waals surface area contributed by atoms with Crippen molar-refractivity contribution in [1.29, 1.82) is 0 Å². The zero-order valence-electron chi connectivity index (χ0n) is 11.1. The van der Waals surface area contributed by atoms with Crippen LogP contribution in [0.4, 0.5) is 5.69 Å². The fourth-order valence-corrected chi connectivity index (χ4v) is 3.30. The number of amides is 1. The zero-order valence-corrected chi connectivity index (χ0v) is 12.7. The van der Waals surface area contributed by atoms with E-state index < -0.39 is 11.7 Å². The molecular weight excluding hydrogens is 306 g/mol. The van der Waals surface area contributed by atoms with Crippen molar-refractivity contribution < 1.29 is 9.59 Å². The van der Waals surface area contributed by atoms with Crippen molar-refractivity contribution in [2.24, 2.45) is 0 Å². The Labute approximate surface area is 131 Å². The van der Waals surface area contributed by atoms with E-state index in [4.69, 9.17) is 11.6 Å². The van der Waals surface area contributed by atoms with Gasteiger partial charge < -0.3 is 4.90 Å². The number of benzene rings is 2. The lowest BCUT2D eigenvalue weighted by molar-refractivity contribution is -0.114. The van der Waals surface area contributed by atoms with Crippen molar-refractivity contribution in [2.75, 3.05) is 17.2 Å². The second-order valence-corrected chi connectivity index (χ2v) is 6.21. The minimum absolute atomic E-state index is 0.400. The van der Waals surface area contributed by atoms with Gasteiger partial charge in [-0.25, -0.2) is 0 Å². The Kier molecular flexibility index (Phi) is 3.99. The third kappa shape index (κ3) is 2.82. The van der Waals surface area contributed by atoms with Gasteiger partial charge in [0.15, 0.2) is 0 Å². The summed E-state index contributed by atoms with van der Waals surface area (Å²) in [6.07, 6.45) is 0. The lowest BCUT2D eigenvalue weighted by Crippen LogP contribution is -2.31. The number of carbonyl (C=O) groups is 2. The summed E-state index contributed by atoms with van der Waals surface area (Å²) in [4.78, 5) is 26.7. The van der Waals surface area contributed by atoms with Crippen LogP contribution in [-0.2, 0) is 4.79 Å². The van der Waals surface area contributed by atoms with E-state index in [1.165, 1.54) is 4.90 Å². The first-order valence-corrected chi connectivity index (χ1v) is 7.87. The highest BCUT2D eigenvalue weighted by Crippen LogP contribution is 2.31. The van der Waals surface area contributed by atoms with Gasteiger partial charge in [-0.15, -0.1) is 11.8 Å². The van der Waals surface area contributed by atoms with Crippen LogP contribution in [0.5, 0.6) is 0 Å². The zero-order chi connectivity index (χ0) is 14.8. The molecule has 0 atom stereocenters. The van der Waals surface area contributed by atoms with Crippen LogP contribution in [0.25, 0.3) is 0 Å². The summed E-state index contributed by atoms with van der Waals surface area (Å²) >= 11 is 7.54. The predicted octanol–water partition coefficient (Wildman–Crippen LogP) is 3.66. The molecule has 0 N–H and O–H groups in total. The molecule has 0 saturated carbocycles. The van der Waals surface area contributed by atoms with Gasteiger partial charge in [0, 0.05) is 22.2 Å². The Morgan fingerprint density at radius 3 is 2.57 bits per heavy atom. The lowest BCUT2D eigenvalue weighted by atomic mass is 10.1. The highest BCUT2D eigenvalue weighted by molar-refractivity contribution is 7.99. The molecule has 1 aliphatic heterocycles. The van der Waals surface area contributed by atoms with Gasteiger partial charge in [-0.2, -0.15) is 0 Å². The van der Waals surface area contributed by atoms with Crippen LogP contribution >= 0.6 is 23.4 Å². The van der Waals surface area contributed by atoms with Crippen molar-refractivity contribution in [1.82, 2.24) is 0 Å². The van der Waals surface area contributed by atoms with Crippen LogP contribution in [0, 0.1) is 0 Å². The predicted molar refractivity (Wildman–Crippen MR) is 85.3 cm³/mol. The molecule has 0 radical (unpaired) electrons. The molecule has 2 aromatic rings. The highest BCUT2D eigenvalue weighted by atomic mass is 35.5. The second kappa shape index (κ2) is 5.92. The monoisotopic (exact) mass is 317 g/mol. The van der Waals surface area contributed by atoms with E-state index in [1.54, 1.807) is 30.0 Å². The quantitative estimate of drug-likeness (QED) is 0.638. The van der Waals surface area contributed by atoms with Crippen LogP contribution in [0.1, 0.15) is 10.4 Å². The number of nitrogens with zero attached hydrogens (tertiary/aromatic N) is 1. The number of anilines is 1. The SMILES string of the molecule is O=C1C(=O)N(CCSc2ccccc2)c2ccc(Cl)cc21. The topological polar surface area (TPSA) is 37.4 Å². The summed E-state index contributed by atoms with van der Waals surface area (Å²) in [7, 11) is 0. The minimum atomic E-state index is -0.475. The molecular formula is C16H12ClNO2S. The van der Waals surface area contributed by atoms with Crippen LogP contribution in [0.2, 0.25) is 5.02 Å². The summed E-state index contributed by atoms with van der Waals surface area (Å²) in [5.74, 6) is -0.219. The number of Topliss-reactive ketones (excluding diaryl/α,β-unsaturated/α-hetero) is 1. The third-order valence-electron chi connectivity index (χ3n) is 3.26. The van der Waals surface area contributed by atoms with E-state index in [9.17, 15) is 9.59 Å². The smallest absolute Gasteiger partial charge is 0.299 e. The minimum Gasteiger partial charge on any atom is -0.304 e. The first kappa shape index (κ1) is 14.2. The van der Waals surface area contributed by atoms with Gasteiger partial charge in [0.25, 0.3) is 11.7 Å². The van der Waals surface area contributed by atoms with Crippen molar-refractivity contribution >= 4 is 40.7 Å². The Balaban J connectivity index is 1.72. The molecule has 3 nitrogen and oxygen atoms in total. The summed E-state index contributed by atoms with van der Waals surface area (Å²) in [6, 6.07) is 14.9. The first-order valence-electron chi connectivity index (χ1n) is 6.50. The molecule has 5 heteroatoms. The van der Waals surface area contributed by atoms with Gasteiger partial charge in [0.1, 0.15) is 0 Å². The van der Waals surface area contributed by atoms with Gasteiger partial charge in [0.05, 0.1) is 11.3 Å². The Morgan fingerprint density at radius 1 is 1.05 bits per heavy atom. The molecule has 106 valence electrons. The van der Waals surface area contributed by atoms with Crippen molar-refractivity contribution in [3.05, 3.63) is 59.1 Å². The number of ketones is 1. The Bertz CT molecular complexity index is 703. The number of fused-ring (bicyclic) bond motifs is 1. The lowest BCUT2D eigenvalue weighted by Gasteiger charge is -2.16. The highest BCUT2D eigenvalue weighted by Gasteiger charge is 2.35. The molecule has 0 unspecified atom stereocenters. The van der Waals surface area contributed by atoms with E-state index in [0.29, 0.717) is 22.8 Å². The van der Waals surface area contributed by atoms with E-state index in [0.717, 1.165) is 10.6 Å². The number of carbonyl (C=O) groups excluding carboxylic acids is 2. The fourth-order valence-electron chi connectivity index (χ4n) is 2.27. The maximum atomic E-state index is 12.0. The second-order valence-electron chi connectivity index (χ2n) is 4.61. The van der Waals surface area contributed by atoms with E-state index in [1.807, 2.05) is 30.3 Å². The molecule has 21 heavy (non-hydrogen) atoms. The maximum absolute atomic E-state index is 12.0. The van der Waals surface area contributed by atoms with Crippen LogP contribution < -0.4 is 4.90 Å². The molecule has 1 aliphatic rings.